The van der Waals surface area contributed by atoms with Crippen molar-refractivity contribution >= 4 is 23.2 Å². The van der Waals surface area contributed by atoms with Gasteiger partial charge in [0.25, 0.3) is 0 Å². The van der Waals surface area contributed by atoms with Gasteiger partial charge in [-0.25, -0.2) is 0 Å². The van der Waals surface area contributed by atoms with Gasteiger partial charge in [-0.15, -0.1) is 0 Å². The highest BCUT2D eigenvalue weighted by Gasteiger charge is 2.14. The summed E-state index contributed by atoms with van der Waals surface area (Å²) in [4.78, 5) is 0. The van der Waals surface area contributed by atoms with Gasteiger partial charge < -0.3 is 16.2 Å². The van der Waals surface area contributed by atoms with Crippen molar-refractivity contribution in [3.63, 3.8) is 0 Å². The molecule has 15 heavy (non-hydrogen) atoms. The van der Waals surface area contributed by atoms with Crippen LogP contribution in [-0.2, 0) is 0 Å². The zero-order valence-electron chi connectivity index (χ0n) is 8.21. The van der Waals surface area contributed by atoms with Crippen LogP contribution < -0.4 is 11.1 Å². The Kier molecular flexibility index (Phi) is 5.36. The maximum absolute atomic E-state index is 9.84. The van der Waals surface area contributed by atoms with E-state index in [1.54, 1.807) is 18.2 Å². The molecule has 0 saturated carbocycles. The van der Waals surface area contributed by atoms with Crippen LogP contribution >= 0.6 is 23.2 Å². The SMILES string of the molecule is NCCNC[C@H](O)c1c(Cl)cccc1Cl. The van der Waals surface area contributed by atoms with E-state index in [0.29, 0.717) is 35.2 Å². The van der Waals surface area contributed by atoms with Gasteiger partial charge in [-0.1, -0.05) is 29.3 Å². The lowest BCUT2D eigenvalue weighted by Gasteiger charge is -2.14. The predicted octanol–water partition coefficient (Wildman–Crippen LogP) is 1.58. The average molecular weight is 249 g/mol. The number of aliphatic hydroxyl groups is 1. The summed E-state index contributed by atoms with van der Waals surface area (Å²) in [6.45, 7) is 1.57. The highest BCUT2D eigenvalue weighted by atomic mass is 35.5. The minimum atomic E-state index is -0.710. The first kappa shape index (κ1) is 12.7. The molecule has 0 aliphatic heterocycles. The molecule has 0 saturated heterocycles. The first-order chi connectivity index (χ1) is 7.16. The number of halogens is 2. The third-order valence-electron chi connectivity index (χ3n) is 1.99. The Morgan fingerprint density at radius 2 is 1.93 bits per heavy atom. The van der Waals surface area contributed by atoms with E-state index >= 15 is 0 Å². The lowest BCUT2D eigenvalue weighted by Crippen LogP contribution is -2.27. The summed E-state index contributed by atoms with van der Waals surface area (Å²) in [6.07, 6.45) is -0.710. The Morgan fingerprint density at radius 1 is 1.33 bits per heavy atom. The molecule has 0 aliphatic carbocycles. The van der Waals surface area contributed by atoms with Crippen molar-refractivity contribution < 1.29 is 5.11 Å². The molecule has 3 nitrogen and oxygen atoms in total. The van der Waals surface area contributed by atoms with Crippen LogP contribution in [0.4, 0.5) is 0 Å². The van der Waals surface area contributed by atoms with E-state index < -0.39 is 6.10 Å². The fourth-order valence-electron chi connectivity index (χ4n) is 1.27. The smallest absolute Gasteiger partial charge is 0.0943 e. The Hall–Kier alpha value is -0.320. The maximum atomic E-state index is 9.84. The number of nitrogens with one attached hydrogen (secondary N) is 1. The summed E-state index contributed by atoms with van der Waals surface area (Å²) in [5.41, 5.74) is 5.88. The minimum Gasteiger partial charge on any atom is -0.387 e. The number of nitrogens with two attached hydrogens (primary N) is 1. The van der Waals surface area contributed by atoms with Crippen molar-refractivity contribution in [2.75, 3.05) is 19.6 Å². The van der Waals surface area contributed by atoms with Crippen molar-refractivity contribution in [3.8, 4) is 0 Å². The summed E-state index contributed by atoms with van der Waals surface area (Å²) >= 11 is 11.9. The lowest BCUT2D eigenvalue weighted by molar-refractivity contribution is 0.175. The number of hydrogen-bond acceptors (Lipinski definition) is 3. The molecule has 5 heteroatoms. The predicted molar refractivity (Wildman–Crippen MR) is 63.3 cm³/mol. The molecule has 0 radical (unpaired) electrons. The molecule has 1 aromatic carbocycles. The van der Waals surface area contributed by atoms with Gasteiger partial charge in [-0.2, -0.15) is 0 Å². The summed E-state index contributed by atoms with van der Waals surface area (Å²) in [7, 11) is 0. The van der Waals surface area contributed by atoms with Crippen LogP contribution in [0, 0.1) is 0 Å². The molecular weight excluding hydrogens is 235 g/mol. The van der Waals surface area contributed by atoms with Crippen molar-refractivity contribution in [2.24, 2.45) is 5.73 Å². The Bertz CT molecular complexity index is 300. The molecule has 1 rings (SSSR count). The Labute approximate surface area is 99.2 Å². The third kappa shape index (κ3) is 3.63. The maximum Gasteiger partial charge on any atom is 0.0943 e. The molecule has 0 fully saturated rings. The highest BCUT2D eigenvalue weighted by Crippen LogP contribution is 2.29. The average Bonchev–Trinajstić information content (AvgIpc) is 2.18. The quantitative estimate of drug-likeness (QED) is 0.694. The van der Waals surface area contributed by atoms with Gasteiger partial charge in [-0.05, 0) is 12.1 Å². The molecule has 84 valence electrons. The van der Waals surface area contributed by atoms with Gasteiger partial charge >= 0.3 is 0 Å². The largest absolute Gasteiger partial charge is 0.387 e. The zero-order chi connectivity index (χ0) is 11.3. The van der Waals surface area contributed by atoms with E-state index in [0.717, 1.165) is 0 Å². The van der Waals surface area contributed by atoms with Crippen LogP contribution in [0.25, 0.3) is 0 Å². The van der Waals surface area contributed by atoms with Crippen molar-refractivity contribution in [2.45, 2.75) is 6.10 Å². The summed E-state index contributed by atoms with van der Waals surface area (Å²) in [5.74, 6) is 0. The van der Waals surface area contributed by atoms with Crippen LogP contribution in [0.5, 0.6) is 0 Å². The fraction of sp³-hybridized carbons (Fsp3) is 0.400. The molecule has 0 heterocycles. The van der Waals surface area contributed by atoms with Crippen LogP contribution in [0.15, 0.2) is 18.2 Å². The fourth-order valence-corrected chi connectivity index (χ4v) is 1.92. The topological polar surface area (TPSA) is 58.3 Å². The summed E-state index contributed by atoms with van der Waals surface area (Å²) in [6, 6.07) is 5.15. The second-order valence-corrected chi connectivity index (χ2v) is 3.96. The standard InChI is InChI=1S/C10H14Cl2N2O/c11-7-2-1-3-8(12)10(7)9(15)6-14-5-4-13/h1-3,9,14-15H,4-6,13H2/t9-/m0/s1. The first-order valence-corrected chi connectivity index (χ1v) is 5.45. The van der Waals surface area contributed by atoms with Crippen LogP contribution in [0.2, 0.25) is 10.0 Å². The van der Waals surface area contributed by atoms with E-state index in [1.165, 1.54) is 0 Å². The number of aliphatic hydroxyl groups excluding tert-OH is 1. The molecule has 1 aromatic rings. The van der Waals surface area contributed by atoms with Gasteiger partial charge in [0, 0.05) is 35.2 Å². The second-order valence-electron chi connectivity index (χ2n) is 3.14. The van der Waals surface area contributed by atoms with E-state index in [4.69, 9.17) is 28.9 Å². The molecule has 0 bridgehead atoms. The molecule has 4 N–H and O–H groups in total. The van der Waals surface area contributed by atoms with Gasteiger partial charge in [0.15, 0.2) is 0 Å². The van der Waals surface area contributed by atoms with Gasteiger partial charge in [0.05, 0.1) is 6.10 Å². The molecular formula is C10H14Cl2N2O. The van der Waals surface area contributed by atoms with Gasteiger partial charge in [0.1, 0.15) is 0 Å². The van der Waals surface area contributed by atoms with Gasteiger partial charge in [0.2, 0.25) is 0 Å². The zero-order valence-corrected chi connectivity index (χ0v) is 9.72. The van der Waals surface area contributed by atoms with E-state index in [-0.39, 0.29) is 0 Å². The molecule has 0 aliphatic rings. The molecule has 0 unspecified atom stereocenters. The summed E-state index contributed by atoms with van der Waals surface area (Å²) in [5, 5.41) is 13.8. The van der Waals surface area contributed by atoms with Crippen LogP contribution in [0.1, 0.15) is 11.7 Å². The van der Waals surface area contributed by atoms with Gasteiger partial charge in [-0.3, -0.25) is 0 Å². The molecule has 0 amide bonds. The highest BCUT2D eigenvalue weighted by molar-refractivity contribution is 6.36. The number of rotatable bonds is 5. The van der Waals surface area contributed by atoms with E-state index in [1.807, 2.05) is 0 Å². The second kappa shape index (κ2) is 6.30. The molecule has 1 atom stereocenters. The number of benzene rings is 1. The van der Waals surface area contributed by atoms with Crippen molar-refractivity contribution in [1.82, 2.24) is 5.32 Å². The molecule has 0 aromatic heterocycles. The monoisotopic (exact) mass is 248 g/mol. The third-order valence-corrected chi connectivity index (χ3v) is 2.65. The van der Waals surface area contributed by atoms with E-state index in [2.05, 4.69) is 5.32 Å². The lowest BCUT2D eigenvalue weighted by atomic mass is 10.1. The van der Waals surface area contributed by atoms with Crippen molar-refractivity contribution in [1.29, 1.82) is 0 Å². The van der Waals surface area contributed by atoms with Crippen LogP contribution in [0.3, 0.4) is 0 Å². The Morgan fingerprint density at radius 3 is 2.47 bits per heavy atom. The summed E-state index contributed by atoms with van der Waals surface area (Å²) < 4.78 is 0. The first-order valence-electron chi connectivity index (χ1n) is 4.69. The molecule has 0 spiro atoms. The number of hydrogen-bond donors (Lipinski definition) is 3. The van der Waals surface area contributed by atoms with E-state index in [9.17, 15) is 5.11 Å². The Balaban J connectivity index is 2.68. The van der Waals surface area contributed by atoms with Crippen molar-refractivity contribution in [3.05, 3.63) is 33.8 Å². The van der Waals surface area contributed by atoms with Crippen LogP contribution in [-0.4, -0.2) is 24.7 Å². The minimum absolute atomic E-state index is 0.390. The normalized spacial score (nSPS) is 12.8.